The van der Waals surface area contributed by atoms with Crippen LogP contribution in [0.5, 0.6) is 11.5 Å². The maximum atomic E-state index is 9.86. The van der Waals surface area contributed by atoms with Crippen molar-refractivity contribution in [3.63, 3.8) is 0 Å². The van der Waals surface area contributed by atoms with Crippen molar-refractivity contribution in [2.45, 2.75) is 32.3 Å². The van der Waals surface area contributed by atoms with Crippen LogP contribution in [0.25, 0.3) is 0 Å². The zero-order valence-electron chi connectivity index (χ0n) is 9.23. The first kappa shape index (κ1) is 11.9. The van der Waals surface area contributed by atoms with Gasteiger partial charge >= 0.3 is 0 Å². The molecule has 0 bridgehead atoms. The van der Waals surface area contributed by atoms with Crippen molar-refractivity contribution in [1.82, 2.24) is 0 Å². The molecule has 0 fully saturated rings. The normalized spacial score (nSPS) is 14.6. The predicted molar refractivity (Wildman–Crippen MR) is 59.1 cm³/mol. The van der Waals surface area contributed by atoms with Crippen molar-refractivity contribution in [2.24, 2.45) is 0 Å². The molecule has 1 rings (SSSR count). The van der Waals surface area contributed by atoms with Gasteiger partial charge in [-0.1, -0.05) is 25.5 Å². The molecule has 3 nitrogen and oxygen atoms in total. The number of aliphatic hydroxyl groups is 1. The fourth-order valence-electron chi connectivity index (χ4n) is 1.42. The van der Waals surface area contributed by atoms with E-state index in [9.17, 15) is 10.2 Å². The van der Waals surface area contributed by atoms with E-state index in [-0.39, 0.29) is 12.4 Å². The van der Waals surface area contributed by atoms with Gasteiger partial charge < -0.3 is 14.9 Å². The summed E-state index contributed by atoms with van der Waals surface area (Å²) < 4.78 is 5.35. The number of phenolic OH excluding ortho intramolecular Hbond substituents is 1. The molecule has 0 aliphatic heterocycles. The smallest absolute Gasteiger partial charge is 0.161 e. The molecule has 1 aromatic carbocycles. The molecule has 0 aliphatic rings. The number of rotatable bonds is 5. The van der Waals surface area contributed by atoms with Gasteiger partial charge in [-0.2, -0.15) is 0 Å². The topological polar surface area (TPSA) is 49.7 Å². The molecule has 1 atom stereocenters. The first-order valence-corrected chi connectivity index (χ1v) is 5.18. The predicted octanol–water partition coefficient (Wildman–Crippen LogP) is 2.32. The molecule has 1 unspecified atom stereocenters. The highest BCUT2D eigenvalue weighted by molar-refractivity contribution is 5.37. The van der Waals surface area contributed by atoms with Crippen LogP contribution in [0.3, 0.4) is 0 Å². The summed E-state index contributed by atoms with van der Waals surface area (Å²) in [6, 6.07) is 6.75. The van der Waals surface area contributed by atoms with Gasteiger partial charge in [0.2, 0.25) is 0 Å². The average molecular weight is 210 g/mol. The van der Waals surface area contributed by atoms with E-state index < -0.39 is 5.60 Å². The maximum Gasteiger partial charge on any atom is 0.161 e. The van der Waals surface area contributed by atoms with Gasteiger partial charge in [0.25, 0.3) is 0 Å². The van der Waals surface area contributed by atoms with Crippen LogP contribution in [0, 0.1) is 0 Å². The summed E-state index contributed by atoms with van der Waals surface area (Å²) in [5.74, 6) is 0.513. The molecular weight excluding hydrogens is 192 g/mol. The molecule has 3 heteroatoms. The lowest BCUT2D eigenvalue weighted by Crippen LogP contribution is -2.31. The highest BCUT2D eigenvalue weighted by Crippen LogP contribution is 2.25. The van der Waals surface area contributed by atoms with Crippen LogP contribution in [0.2, 0.25) is 0 Å². The second-order valence-corrected chi connectivity index (χ2v) is 4.00. The summed E-state index contributed by atoms with van der Waals surface area (Å²) in [7, 11) is 0. The van der Waals surface area contributed by atoms with Gasteiger partial charge in [-0.3, -0.25) is 0 Å². The van der Waals surface area contributed by atoms with Gasteiger partial charge in [0, 0.05) is 0 Å². The van der Waals surface area contributed by atoms with Crippen molar-refractivity contribution >= 4 is 0 Å². The molecule has 0 spiro atoms. The van der Waals surface area contributed by atoms with Crippen LogP contribution >= 0.6 is 0 Å². The van der Waals surface area contributed by atoms with Crippen molar-refractivity contribution < 1.29 is 14.9 Å². The fraction of sp³-hybridized carbons (Fsp3) is 0.500. The molecule has 0 heterocycles. The SMILES string of the molecule is CCCC(C)(O)COc1ccccc1O. The van der Waals surface area contributed by atoms with Crippen molar-refractivity contribution in [3.8, 4) is 11.5 Å². The van der Waals surface area contributed by atoms with Crippen molar-refractivity contribution in [1.29, 1.82) is 0 Å². The molecule has 2 N–H and O–H groups in total. The Morgan fingerprint density at radius 1 is 1.33 bits per heavy atom. The number of para-hydroxylation sites is 2. The lowest BCUT2D eigenvalue weighted by Gasteiger charge is -2.22. The Morgan fingerprint density at radius 3 is 2.60 bits per heavy atom. The van der Waals surface area contributed by atoms with Crippen molar-refractivity contribution in [3.05, 3.63) is 24.3 Å². The Balaban J connectivity index is 2.53. The molecule has 0 aromatic heterocycles. The number of phenols is 1. The molecule has 0 amide bonds. The molecule has 15 heavy (non-hydrogen) atoms. The summed E-state index contributed by atoms with van der Waals surface area (Å²) in [6.45, 7) is 3.93. The van der Waals surface area contributed by atoms with Crippen LogP contribution in [0.1, 0.15) is 26.7 Å². The third kappa shape index (κ3) is 3.80. The van der Waals surface area contributed by atoms with Crippen LogP contribution in [0.4, 0.5) is 0 Å². The number of benzene rings is 1. The van der Waals surface area contributed by atoms with E-state index in [1.807, 2.05) is 6.92 Å². The second kappa shape index (κ2) is 5.03. The lowest BCUT2D eigenvalue weighted by atomic mass is 10.0. The zero-order valence-corrected chi connectivity index (χ0v) is 9.23. The highest BCUT2D eigenvalue weighted by Gasteiger charge is 2.20. The molecule has 84 valence electrons. The van der Waals surface area contributed by atoms with Crippen LogP contribution < -0.4 is 4.74 Å². The summed E-state index contributed by atoms with van der Waals surface area (Å²) >= 11 is 0. The summed E-state index contributed by atoms with van der Waals surface area (Å²) in [4.78, 5) is 0. The summed E-state index contributed by atoms with van der Waals surface area (Å²) in [6.07, 6.45) is 1.58. The molecule has 0 saturated heterocycles. The summed E-state index contributed by atoms with van der Waals surface area (Å²) in [5.41, 5.74) is -0.836. The molecule has 0 radical (unpaired) electrons. The van der Waals surface area contributed by atoms with Crippen LogP contribution in [-0.2, 0) is 0 Å². The Hall–Kier alpha value is -1.22. The van der Waals surface area contributed by atoms with E-state index >= 15 is 0 Å². The molecule has 1 aromatic rings. The Kier molecular flexibility index (Phi) is 3.97. The number of hydrogen-bond acceptors (Lipinski definition) is 3. The zero-order chi connectivity index (χ0) is 11.3. The summed E-state index contributed by atoms with van der Waals surface area (Å²) in [5, 5.41) is 19.3. The van der Waals surface area contributed by atoms with Crippen LogP contribution in [-0.4, -0.2) is 22.4 Å². The van der Waals surface area contributed by atoms with Gasteiger partial charge in [0.05, 0.1) is 5.60 Å². The van der Waals surface area contributed by atoms with Gasteiger partial charge in [0.15, 0.2) is 11.5 Å². The minimum absolute atomic E-state index is 0.102. The van der Waals surface area contributed by atoms with E-state index in [0.717, 1.165) is 6.42 Å². The lowest BCUT2D eigenvalue weighted by molar-refractivity contribution is 0.00319. The van der Waals surface area contributed by atoms with Gasteiger partial charge in [-0.15, -0.1) is 0 Å². The molecule has 0 aliphatic carbocycles. The monoisotopic (exact) mass is 210 g/mol. The van der Waals surface area contributed by atoms with E-state index in [1.165, 1.54) is 0 Å². The Labute approximate surface area is 90.3 Å². The number of aromatic hydroxyl groups is 1. The van der Waals surface area contributed by atoms with Crippen molar-refractivity contribution in [2.75, 3.05) is 6.61 Å². The largest absolute Gasteiger partial charge is 0.504 e. The second-order valence-electron chi connectivity index (χ2n) is 4.00. The standard InChI is InChI=1S/C12H18O3/c1-3-8-12(2,14)9-15-11-7-5-4-6-10(11)13/h4-7,13-14H,3,8-9H2,1-2H3. The van der Waals surface area contributed by atoms with E-state index in [1.54, 1.807) is 31.2 Å². The minimum atomic E-state index is -0.836. The quantitative estimate of drug-likeness (QED) is 0.784. The van der Waals surface area contributed by atoms with Gasteiger partial charge in [-0.25, -0.2) is 0 Å². The average Bonchev–Trinajstić information content (AvgIpc) is 2.16. The first-order chi connectivity index (χ1) is 7.05. The number of ether oxygens (including phenoxy) is 1. The fourth-order valence-corrected chi connectivity index (χ4v) is 1.42. The van der Waals surface area contributed by atoms with Gasteiger partial charge in [0.1, 0.15) is 6.61 Å². The Bertz CT molecular complexity index is 307. The third-order valence-electron chi connectivity index (χ3n) is 2.19. The maximum absolute atomic E-state index is 9.86. The highest BCUT2D eigenvalue weighted by atomic mass is 16.5. The molecular formula is C12H18O3. The molecule has 0 saturated carbocycles. The van der Waals surface area contributed by atoms with Crippen LogP contribution in [0.15, 0.2) is 24.3 Å². The van der Waals surface area contributed by atoms with E-state index in [4.69, 9.17) is 4.74 Å². The van der Waals surface area contributed by atoms with Gasteiger partial charge in [-0.05, 0) is 25.5 Å². The first-order valence-electron chi connectivity index (χ1n) is 5.18. The minimum Gasteiger partial charge on any atom is -0.504 e. The van der Waals surface area contributed by atoms with E-state index in [2.05, 4.69) is 0 Å². The number of hydrogen-bond donors (Lipinski definition) is 2. The van der Waals surface area contributed by atoms with E-state index in [0.29, 0.717) is 12.2 Å². The third-order valence-corrected chi connectivity index (χ3v) is 2.19. The Morgan fingerprint density at radius 2 is 2.00 bits per heavy atom.